The van der Waals surface area contributed by atoms with Gasteiger partial charge in [0.25, 0.3) is 0 Å². The molecule has 1 aliphatic rings. The quantitative estimate of drug-likeness (QED) is 0.461. The van der Waals surface area contributed by atoms with E-state index in [1.807, 2.05) is 19.1 Å². The van der Waals surface area contributed by atoms with Crippen molar-refractivity contribution in [1.82, 2.24) is 4.90 Å². The van der Waals surface area contributed by atoms with E-state index in [9.17, 15) is 23.1 Å². The molecule has 0 aromatic heterocycles. The largest absolute Gasteiger partial charge is 0.481 e. The number of aliphatic carboxylic acids is 1. The Balaban J connectivity index is 2.05. The zero-order valence-electron chi connectivity index (χ0n) is 19.0. The Morgan fingerprint density at radius 2 is 1.79 bits per heavy atom. The van der Waals surface area contributed by atoms with Gasteiger partial charge >= 0.3 is 12.1 Å². The number of halogens is 3. The smallest absolute Gasteiger partial charge is 0.416 e. The number of rotatable bonds is 7. The molecule has 1 heterocycles. The highest BCUT2D eigenvalue weighted by atomic mass is 19.4. The number of likely N-dealkylation sites (tertiary alicyclic amines) is 1. The van der Waals surface area contributed by atoms with Crippen molar-refractivity contribution in [3.8, 4) is 6.07 Å². The van der Waals surface area contributed by atoms with E-state index in [-0.39, 0.29) is 24.4 Å². The van der Waals surface area contributed by atoms with E-state index in [0.717, 1.165) is 28.8 Å². The highest BCUT2D eigenvalue weighted by Crippen LogP contribution is 2.44. The van der Waals surface area contributed by atoms with Gasteiger partial charge in [-0.1, -0.05) is 43.0 Å². The Kier molecular flexibility index (Phi) is 7.63. The van der Waals surface area contributed by atoms with Crippen LogP contribution in [0.15, 0.2) is 72.8 Å². The molecule has 2 aromatic rings. The number of hydrogen-bond donors (Lipinski definition) is 1. The molecule has 0 aliphatic carbocycles. The number of alkyl halides is 3. The van der Waals surface area contributed by atoms with Crippen molar-refractivity contribution in [3.63, 3.8) is 0 Å². The van der Waals surface area contributed by atoms with Crippen LogP contribution in [0.3, 0.4) is 0 Å². The number of piperidine rings is 1. The van der Waals surface area contributed by atoms with Crippen molar-refractivity contribution < 1.29 is 23.1 Å². The molecule has 3 rings (SSSR count). The van der Waals surface area contributed by atoms with E-state index in [1.54, 1.807) is 12.1 Å². The van der Waals surface area contributed by atoms with Crippen LogP contribution in [0.1, 0.15) is 60.5 Å². The molecule has 178 valence electrons. The zero-order valence-corrected chi connectivity index (χ0v) is 19.0. The maximum absolute atomic E-state index is 13.1. The summed E-state index contributed by atoms with van der Waals surface area (Å²) < 4.78 is 39.4. The van der Waals surface area contributed by atoms with Crippen LogP contribution in [0.5, 0.6) is 0 Å². The molecule has 0 radical (unpaired) electrons. The van der Waals surface area contributed by atoms with Gasteiger partial charge in [-0.15, -0.1) is 0 Å². The molecule has 0 saturated carbocycles. The standard InChI is InChI=1S/C27H27F3N2O2/c1-17(2)18(3)26(22-6-4-19(16-31)5-7-22)32-13-12-20(15-25(33)34)14-24(32)21-8-10-23(11-9-21)27(28,29)30/h4-11,20,24,26H,1,3,12-15H2,2H3,(H,33,34)/t20-,24+,26-/m1/s1. The summed E-state index contributed by atoms with van der Waals surface area (Å²) >= 11 is 0. The molecule has 1 N–H and O–H groups in total. The first-order valence-electron chi connectivity index (χ1n) is 11.0. The first kappa shape index (κ1) is 25.3. The fourth-order valence-corrected chi connectivity index (χ4v) is 4.59. The Labute approximate surface area is 197 Å². The highest BCUT2D eigenvalue weighted by Gasteiger charge is 2.37. The molecule has 0 amide bonds. The fourth-order valence-electron chi connectivity index (χ4n) is 4.59. The lowest BCUT2D eigenvalue weighted by atomic mass is 9.81. The van der Waals surface area contributed by atoms with E-state index >= 15 is 0 Å². The zero-order chi connectivity index (χ0) is 25.0. The number of hydrogen-bond acceptors (Lipinski definition) is 3. The number of carbonyl (C=O) groups is 1. The predicted molar refractivity (Wildman–Crippen MR) is 124 cm³/mol. The van der Waals surface area contributed by atoms with Crippen molar-refractivity contribution in [2.24, 2.45) is 5.92 Å². The molecule has 1 fully saturated rings. The number of nitriles is 1. The Bertz CT molecular complexity index is 1100. The number of nitrogens with zero attached hydrogens (tertiary/aromatic N) is 2. The third-order valence-electron chi connectivity index (χ3n) is 6.40. The minimum atomic E-state index is -4.43. The summed E-state index contributed by atoms with van der Waals surface area (Å²) in [7, 11) is 0. The molecule has 4 nitrogen and oxygen atoms in total. The lowest BCUT2D eigenvalue weighted by Crippen LogP contribution is -2.40. The summed E-state index contributed by atoms with van der Waals surface area (Å²) in [5.41, 5.74) is 2.90. The van der Waals surface area contributed by atoms with Crippen LogP contribution in [0.4, 0.5) is 13.2 Å². The molecule has 0 spiro atoms. The van der Waals surface area contributed by atoms with Gasteiger partial charge in [-0.05, 0) is 73.2 Å². The van der Waals surface area contributed by atoms with Gasteiger partial charge in [-0.25, -0.2) is 0 Å². The number of benzene rings is 2. The Morgan fingerprint density at radius 1 is 1.18 bits per heavy atom. The van der Waals surface area contributed by atoms with Crippen LogP contribution in [-0.2, 0) is 11.0 Å². The van der Waals surface area contributed by atoms with E-state index in [0.29, 0.717) is 30.5 Å². The Morgan fingerprint density at radius 3 is 2.29 bits per heavy atom. The monoisotopic (exact) mass is 468 g/mol. The molecular formula is C27H27F3N2O2. The second-order valence-electron chi connectivity index (χ2n) is 8.80. The number of carboxylic acids is 1. The average molecular weight is 469 g/mol. The predicted octanol–water partition coefficient (Wildman–Crippen LogP) is 6.68. The molecule has 1 aliphatic heterocycles. The normalized spacial score (nSPS) is 19.7. The minimum Gasteiger partial charge on any atom is -0.481 e. The van der Waals surface area contributed by atoms with Crippen molar-refractivity contribution in [2.45, 2.75) is 44.4 Å². The minimum absolute atomic E-state index is 0.00788. The first-order valence-corrected chi connectivity index (χ1v) is 11.0. The van der Waals surface area contributed by atoms with Gasteiger partial charge < -0.3 is 5.11 Å². The van der Waals surface area contributed by atoms with Crippen LogP contribution in [0.2, 0.25) is 0 Å². The summed E-state index contributed by atoms with van der Waals surface area (Å²) in [6, 6.07) is 13.7. The van der Waals surface area contributed by atoms with Crippen molar-refractivity contribution in [2.75, 3.05) is 6.54 Å². The van der Waals surface area contributed by atoms with E-state index in [4.69, 9.17) is 5.26 Å². The summed E-state index contributed by atoms with van der Waals surface area (Å²) in [5.74, 6) is -0.986. The van der Waals surface area contributed by atoms with Crippen LogP contribution in [-0.4, -0.2) is 22.5 Å². The van der Waals surface area contributed by atoms with Crippen LogP contribution >= 0.6 is 0 Å². The first-order chi connectivity index (χ1) is 16.0. The van der Waals surface area contributed by atoms with E-state index in [1.165, 1.54) is 12.1 Å². The highest BCUT2D eigenvalue weighted by molar-refractivity contribution is 5.67. The van der Waals surface area contributed by atoms with Gasteiger partial charge in [-0.2, -0.15) is 18.4 Å². The molecule has 0 unspecified atom stereocenters. The maximum Gasteiger partial charge on any atom is 0.416 e. The summed E-state index contributed by atoms with van der Waals surface area (Å²) in [6.07, 6.45) is -3.29. The number of carboxylic acid groups (broad SMARTS) is 1. The van der Waals surface area contributed by atoms with Gasteiger partial charge in [-0.3, -0.25) is 9.69 Å². The van der Waals surface area contributed by atoms with Crippen molar-refractivity contribution in [3.05, 3.63) is 95.1 Å². The molecule has 7 heteroatoms. The van der Waals surface area contributed by atoms with Gasteiger partial charge in [0, 0.05) is 12.5 Å². The average Bonchev–Trinajstić information content (AvgIpc) is 2.79. The van der Waals surface area contributed by atoms with Gasteiger partial charge in [0.05, 0.1) is 23.2 Å². The summed E-state index contributed by atoms with van der Waals surface area (Å²) in [6.45, 7) is 10.7. The van der Waals surface area contributed by atoms with Crippen molar-refractivity contribution >= 4 is 5.97 Å². The van der Waals surface area contributed by atoms with Crippen LogP contribution in [0, 0.1) is 17.2 Å². The lowest BCUT2D eigenvalue weighted by Gasteiger charge is -2.45. The lowest BCUT2D eigenvalue weighted by molar-refractivity contribution is -0.139. The van der Waals surface area contributed by atoms with Gasteiger partial charge in [0.1, 0.15) is 0 Å². The van der Waals surface area contributed by atoms with Crippen LogP contribution < -0.4 is 0 Å². The second kappa shape index (κ2) is 10.3. The Hall–Kier alpha value is -3.37. The molecule has 34 heavy (non-hydrogen) atoms. The van der Waals surface area contributed by atoms with Gasteiger partial charge in [0.2, 0.25) is 0 Å². The SMILES string of the molecule is C=C(C)C(=C)[C@H](c1ccc(C#N)cc1)N1CC[C@@H](CC(=O)O)C[C@H]1c1ccc(C(F)(F)F)cc1. The van der Waals surface area contributed by atoms with Crippen molar-refractivity contribution in [1.29, 1.82) is 5.26 Å². The molecular weight excluding hydrogens is 441 g/mol. The summed E-state index contributed by atoms with van der Waals surface area (Å²) in [4.78, 5) is 13.5. The third kappa shape index (κ3) is 5.75. The molecule has 3 atom stereocenters. The third-order valence-corrected chi connectivity index (χ3v) is 6.40. The van der Waals surface area contributed by atoms with E-state index in [2.05, 4.69) is 24.1 Å². The van der Waals surface area contributed by atoms with Crippen LogP contribution in [0.25, 0.3) is 0 Å². The topological polar surface area (TPSA) is 64.3 Å². The second-order valence-corrected chi connectivity index (χ2v) is 8.80. The molecule has 1 saturated heterocycles. The molecule has 2 aromatic carbocycles. The molecule has 0 bridgehead atoms. The van der Waals surface area contributed by atoms with E-state index < -0.39 is 17.7 Å². The summed E-state index contributed by atoms with van der Waals surface area (Å²) in [5, 5.41) is 18.5. The maximum atomic E-state index is 13.1. The fraction of sp³-hybridized carbons (Fsp3) is 0.333. The van der Waals surface area contributed by atoms with Gasteiger partial charge in [0.15, 0.2) is 0 Å².